The molecule has 0 radical (unpaired) electrons. The Morgan fingerprint density at radius 3 is 2.44 bits per heavy atom. The van der Waals surface area contributed by atoms with Crippen LogP contribution in [0.4, 0.5) is 5.13 Å². The van der Waals surface area contributed by atoms with Gasteiger partial charge < -0.3 is 15.1 Å². The van der Waals surface area contributed by atoms with Gasteiger partial charge >= 0.3 is 0 Å². The van der Waals surface area contributed by atoms with Gasteiger partial charge in [0, 0.05) is 24.0 Å². The molecule has 0 aliphatic carbocycles. The number of nitrogens with one attached hydrogen (secondary N) is 1. The number of hydrogen-bond acceptors (Lipinski definition) is 5. The minimum Gasteiger partial charge on any atom is -0.329 e. The van der Waals surface area contributed by atoms with E-state index in [-0.39, 0.29) is 18.4 Å². The summed E-state index contributed by atoms with van der Waals surface area (Å²) in [6.07, 6.45) is 3.27. The molecule has 1 heterocycles. The average molecular weight is 387 g/mol. The van der Waals surface area contributed by atoms with Crippen LogP contribution in [-0.4, -0.2) is 60.3 Å². The Bertz CT molecular complexity index is 780. The summed E-state index contributed by atoms with van der Waals surface area (Å²) >= 11 is 1.44. The Morgan fingerprint density at radius 1 is 1.15 bits per heavy atom. The fourth-order valence-corrected chi connectivity index (χ4v) is 3.11. The number of carbonyl (C=O) groups excluding carboxylic acids is 2. The second kappa shape index (κ2) is 9.99. The molecule has 0 unspecified atom stereocenters. The number of anilines is 1. The van der Waals surface area contributed by atoms with Crippen molar-refractivity contribution in [1.29, 1.82) is 0 Å². The standard InChI is InChI=1S/C20H26N4O2S/c1-15-16(2)27-20(21-15)22-18(25)14-24(13-12-23(3)4)19(26)11-10-17-8-6-5-7-9-17/h5-11H,12-14H2,1-4H3,(H,21,22,25). The SMILES string of the molecule is Cc1nc(NC(=O)CN(CCN(C)C)C(=O)C=Cc2ccccc2)sc1C. The van der Waals surface area contributed by atoms with Crippen molar-refractivity contribution in [2.45, 2.75) is 13.8 Å². The highest BCUT2D eigenvalue weighted by Gasteiger charge is 2.16. The maximum atomic E-state index is 12.6. The Kier molecular flexibility index (Phi) is 7.69. The lowest BCUT2D eigenvalue weighted by atomic mass is 10.2. The van der Waals surface area contributed by atoms with E-state index in [1.54, 1.807) is 11.0 Å². The number of likely N-dealkylation sites (N-methyl/N-ethyl adjacent to an activating group) is 1. The number of amides is 2. The first-order valence-corrected chi connectivity index (χ1v) is 9.57. The second-order valence-corrected chi connectivity index (χ2v) is 7.72. The summed E-state index contributed by atoms with van der Waals surface area (Å²) in [5.41, 5.74) is 1.85. The molecular weight excluding hydrogens is 360 g/mol. The molecule has 2 aromatic rings. The van der Waals surface area contributed by atoms with E-state index in [4.69, 9.17) is 0 Å². The largest absolute Gasteiger partial charge is 0.329 e. The van der Waals surface area contributed by atoms with Crippen molar-refractivity contribution in [3.05, 3.63) is 52.5 Å². The number of rotatable bonds is 8. The van der Waals surface area contributed by atoms with E-state index in [0.29, 0.717) is 18.2 Å². The van der Waals surface area contributed by atoms with Crippen LogP contribution < -0.4 is 5.32 Å². The Labute approximate surface area is 164 Å². The third-order valence-electron chi connectivity index (χ3n) is 3.96. The van der Waals surface area contributed by atoms with Crippen LogP contribution in [0.3, 0.4) is 0 Å². The van der Waals surface area contributed by atoms with Crippen molar-refractivity contribution in [2.24, 2.45) is 0 Å². The van der Waals surface area contributed by atoms with Gasteiger partial charge in [-0.1, -0.05) is 30.3 Å². The molecule has 1 N–H and O–H groups in total. The molecule has 0 atom stereocenters. The monoisotopic (exact) mass is 386 g/mol. The van der Waals surface area contributed by atoms with E-state index in [2.05, 4.69) is 10.3 Å². The summed E-state index contributed by atoms with van der Waals surface area (Å²) in [5, 5.41) is 3.35. The number of nitrogens with zero attached hydrogens (tertiary/aromatic N) is 3. The van der Waals surface area contributed by atoms with Gasteiger partial charge in [0.25, 0.3) is 0 Å². The van der Waals surface area contributed by atoms with Gasteiger partial charge in [0.05, 0.1) is 5.69 Å². The first-order chi connectivity index (χ1) is 12.8. The summed E-state index contributed by atoms with van der Waals surface area (Å²) in [5.74, 6) is -0.439. The van der Waals surface area contributed by atoms with Gasteiger partial charge in [-0.05, 0) is 39.6 Å². The zero-order chi connectivity index (χ0) is 19.8. The molecule has 0 fully saturated rings. The minimum absolute atomic E-state index is 0.0104. The summed E-state index contributed by atoms with van der Waals surface area (Å²) in [6, 6.07) is 9.61. The van der Waals surface area contributed by atoms with Crippen LogP contribution in [0.25, 0.3) is 6.08 Å². The fourth-order valence-electron chi connectivity index (χ4n) is 2.28. The van der Waals surface area contributed by atoms with E-state index in [1.807, 2.05) is 63.2 Å². The molecule has 0 spiro atoms. The molecule has 2 amide bonds. The Hall–Kier alpha value is -2.51. The fraction of sp³-hybridized carbons (Fsp3) is 0.350. The van der Waals surface area contributed by atoms with E-state index in [9.17, 15) is 9.59 Å². The van der Waals surface area contributed by atoms with Gasteiger partial charge in [0.2, 0.25) is 11.8 Å². The highest BCUT2D eigenvalue weighted by Crippen LogP contribution is 2.20. The smallest absolute Gasteiger partial charge is 0.247 e. The van der Waals surface area contributed by atoms with E-state index < -0.39 is 0 Å². The first-order valence-electron chi connectivity index (χ1n) is 8.76. The van der Waals surface area contributed by atoms with Gasteiger partial charge in [0.15, 0.2) is 5.13 Å². The normalized spacial score (nSPS) is 11.1. The summed E-state index contributed by atoms with van der Waals surface area (Å²) in [4.78, 5) is 33.9. The molecule has 27 heavy (non-hydrogen) atoms. The Balaban J connectivity index is 2.02. The average Bonchev–Trinajstić information content (AvgIpc) is 2.94. The molecule has 0 bridgehead atoms. The van der Waals surface area contributed by atoms with Crippen molar-refractivity contribution < 1.29 is 9.59 Å². The van der Waals surface area contributed by atoms with Crippen LogP contribution in [-0.2, 0) is 9.59 Å². The van der Waals surface area contributed by atoms with Crippen molar-refractivity contribution in [2.75, 3.05) is 39.0 Å². The molecule has 0 saturated heterocycles. The molecule has 0 aliphatic heterocycles. The zero-order valence-corrected chi connectivity index (χ0v) is 17.0. The predicted octanol–water partition coefficient (Wildman–Crippen LogP) is 2.80. The highest BCUT2D eigenvalue weighted by molar-refractivity contribution is 7.15. The molecule has 2 rings (SSSR count). The lowest BCUT2D eigenvalue weighted by molar-refractivity contribution is -0.130. The number of benzene rings is 1. The number of aryl methyl sites for hydroxylation is 2. The maximum absolute atomic E-state index is 12.6. The number of hydrogen-bond donors (Lipinski definition) is 1. The number of aromatic nitrogens is 1. The number of thiazole rings is 1. The summed E-state index contributed by atoms with van der Waals surface area (Å²) < 4.78 is 0. The van der Waals surface area contributed by atoms with Crippen molar-refractivity contribution in [1.82, 2.24) is 14.8 Å². The quantitative estimate of drug-likeness (QED) is 0.709. The molecular formula is C20H26N4O2S. The molecule has 1 aromatic heterocycles. The molecule has 1 aromatic carbocycles. The number of carbonyl (C=O) groups is 2. The van der Waals surface area contributed by atoms with Crippen LogP contribution in [0.2, 0.25) is 0 Å². The second-order valence-electron chi connectivity index (χ2n) is 6.52. The topological polar surface area (TPSA) is 65.5 Å². The van der Waals surface area contributed by atoms with Gasteiger partial charge in [-0.2, -0.15) is 0 Å². The molecule has 144 valence electrons. The maximum Gasteiger partial charge on any atom is 0.247 e. The van der Waals surface area contributed by atoms with E-state index in [1.165, 1.54) is 17.4 Å². The van der Waals surface area contributed by atoms with Crippen molar-refractivity contribution in [3.8, 4) is 0 Å². The zero-order valence-electron chi connectivity index (χ0n) is 16.2. The van der Waals surface area contributed by atoms with Crippen LogP contribution in [0.1, 0.15) is 16.1 Å². The van der Waals surface area contributed by atoms with Gasteiger partial charge in [-0.3, -0.25) is 9.59 Å². The van der Waals surface area contributed by atoms with Gasteiger partial charge in [-0.15, -0.1) is 11.3 Å². The van der Waals surface area contributed by atoms with Crippen LogP contribution >= 0.6 is 11.3 Å². The lowest BCUT2D eigenvalue weighted by Crippen LogP contribution is -2.40. The summed E-state index contributed by atoms with van der Waals surface area (Å²) in [7, 11) is 3.87. The van der Waals surface area contributed by atoms with Crippen LogP contribution in [0.5, 0.6) is 0 Å². The van der Waals surface area contributed by atoms with Crippen LogP contribution in [0, 0.1) is 13.8 Å². The molecule has 6 nitrogen and oxygen atoms in total. The van der Waals surface area contributed by atoms with E-state index in [0.717, 1.165) is 16.1 Å². The van der Waals surface area contributed by atoms with Crippen molar-refractivity contribution >= 4 is 34.4 Å². The third-order valence-corrected chi connectivity index (χ3v) is 4.94. The van der Waals surface area contributed by atoms with Gasteiger partial charge in [0.1, 0.15) is 6.54 Å². The predicted molar refractivity (Wildman–Crippen MR) is 111 cm³/mol. The third kappa shape index (κ3) is 6.96. The Morgan fingerprint density at radius 2 is 1.85 bits per heavy atom. The van der Waals surface area contributed by atoms with Crippen LogP contribution in [0.15, 0.2) is 36.4 Å². The molecule has 7 heteroatoms. The lowest BCUT2D eigenvalue weighted by Gasteiger charge is -2.22. The summed E-state index contributed by atoms with van der Waals surface area (Å²) in [6.45, 7) is 5.00. The first kappa shape index (κ1) is 20.8. The molecule has 0 aliphatic rings. The highest BCUT2D eigenvalue weighted by atomic mass is 32.1. The van der Waals surface area contributed by atoms with Gasteiger partial charge in [-0.25, -0.2) is 4.98 Å². The molecule has 0 saturated carbocycles. The van der Waals surface area contributed by atoms with E-state index >= 15 is 0 Å². The van der Waals surface area contributed by atoms with Crippen molar-refractivity contribution in [3.63, 3.8) is 0 Å². The minimum atomic E-state index is -0.246.